The molecule has 2 amide bonds. The van der Waals surface area contributed by atoms with E-state index in [1.54, 1.807) is 38.1 Å². The number of rotatable bonds is 5. The normalized spacial score (nSPS) is 11.2. The fourth-order valence-electron chi connectivity index (χ4n) is 1.59. The standard InChI is InChI=1S/C14H17N3O3/c1-3-17(9-10(2)13(18)19)14(20)16-12-6-4-11(8-15)5-7-12/h4-7,10H,3,9H2,1-2H3,(H,16,20)(H,18,19). The summed E-state index contributed by atoms with van der Waals surface area (Å²) < 4.78 is 0. The molecule has 6 nitrogen and oxygen atoms in total. The van der Waals surface area contributed by atoms with Crippen LogP contribution in [0.1, 0.15) is 19.4 Å². The number of carboxylic acid groups (broad SMARTS) is 1. The van der Waals surface area contributed by atoms with Gasteiger partial charge in [0.1, 0.15) is 0 Å². The van der Waals surface area contributed by atoms with Crippen molar-refractivity contribution in [2.45, 2.75) is 13.8 Å². The third-order valence-electron chi connectivity index (χ3n) is 2.85. The highest BCUT2D eigenvalue weighted by atomic mass is 16.4. The number of nitrogens with one attached hydrogen (secondary N) is 1. The Labute approximate surface area is 117 Å². The van der Waals surface area contributed by atoms with E-state index in [9.17, 15) is 9.59 Å². The van der Waals surface area contributed by atoms with E-state index >= 15 is 0 Å². The maximum Gasteiger partial charge on any atom is 0.321 e. The van der Waals surface area contributed by atoms with Crippen LogP contribution >= 0.6 is 0 Å². The lowest BCUT2D eigenvalue weighted by Crippen LogP contribution is -2.39. The first-order valence-electron chi connectivity index (χ1n) is 6.26. The minimum atomic E-state index is -0.936. The van der Waals surface area contributed by atoms with Gasteiger partial charge in [0.2, 0.25) is 0 Å². The fourth-order valence-corrected chi connectivity index (χ4v) is 1.59. The molecule has 0 radical (unpaired) electrons. The van der Waals surface area contributed by atoms with Crippen LogP contribution in [0.4, 0.5) is 10.5 Å². The number of anilines is 1. The number of carbonyl (C=O) groups is 2. The SMILES string of the molecule is CCN(CC(C)C(=O)O)C(=O)Nc1ccc(C#N)cc1. The third kappa shape index (κ3) is 4.28. The number of nitriles is 1. The van der Waals surface area contributed by atoms with Crippen LogP contribution in [0.15, 0.2) is 24.3 Å². The van der Waals surface area contributed by atoms with Crippen molar-refractivity contribution in [3.63, 3.8) is 0 Å². The van der Waals surface area contributed by atoms with E-state index < -0.39 is 11.9 Å². The number of nitrogens with zero attached hydrogens (tertiary/aromatic N) is 2. The number of carboxylic acids is 1. The Kier molecular flexibility index (Phi) is 5.54. The van der Waals surface area contributed by atoms with Crippen LogP contribution < -0.4 is 5.32 Å². The maximum absolute atomic E-state index is 12.0. The summed E-state index contributed by atoms with van der Waals surface area (Å²) in [5.74, 6) is -1.56. The third-order valence-corrected chi connectivity index (χ3v) is 2.85. The second-order valence-corrected chi connectivity index (χ2v) is 4.40. The van der Waals surface area contributed by atoms with E-state index in [0.717, 1.165) is 0 Å². The molecule has 1 unspecified atom stereocenters. The summed E-state index contributed by atoms with van der Waals surface area (Å²) in [6, 6.07) is 8.10. The number of carbonyl (C=O) groups excluding carboxylic acids is 1. The number of benzene rings is 1. The molecule has 0 aliphatic rings. The Morgan fingerprint density at radius 1 is 1.40 bits per heavy atom. The van der Waals surface area contributed by atoms with Crippen molar-refractivity contribution in [2.24, 2.45) is 5.92 Å². The molecular formula is C14H17N3O3. The molecule has 0 aliphatic heterocycles. The molecule has 0 spiro atoms. The minimum absolute atomic E-state index is 0.147. The smallest absolute Gasteiger partial charge is 0.321 e. The van der Waals surface area contributed by atoms with Gasteiger partial charge in [-0.3, -0.25) is 4.79 Å². The summed E-state index contributed by atoms with van der Waals surface area (Å²) in [6.45, 7) is 3.90. The van der Waals surface area contributed by atoms with Gasteiger partial charge in [0, 0.05) is 18.8 Å². The molecule has 106 valence electrons. The topological polar surface area (TPSA) is 93.4 Å². The van der Waals surface area contributed by atoms with Gasteiger partial charge in [0.25, 0.3) is 0 Å². The molecule has 0 bridgehead atoms. The first-order chi connectivity index (χ1) is 9.47. The highest BCUT2D eigenvalue weighted by Crippen LogP contribution is 2.10. The van der Waals surface area contributed by atoms with Crippen LogP contribution in [0, 0.1) is 17.2 Å². The van der Waals surface area contributed by atoms with Crippen molar-refractivity contribution >= 4 is 17.7 Å². The second-order valence-electron chi connectivity index (χ2n) is 4.40. The van der Waals surface area contributed by atoms with Crippen molar-refractivity contribution in [1.82, 2.24) is 4.90 Å². The molecule has 0 fully saturated rings. The summed E-state index contributed by atoms with van der Waals surface area (Å²) in [5, 5.41) is 20.2. The maximum atomic E-state index is 12.0. The first-order valence-corrected chi connectivity index (χ1v) is 6.26. The average molecular weight is 275 g/mol. The van der Waals surface area contributed by atoms with Gasteiger partial charge in [-0.2, -0.15) is 5.26 Å². The van der Waals surface area contributed by atoms with Gasteiger partial charge in [-0.1, -0.05) is 6.92 Å². The van der Waals surface area contributed by atoms with E-state index in [2.05, 4.69) is 5.32 Å². The predicted octanol–water partition coefficient (Wildman–Crippen LogP) is 2.13. The Hall–Kier alpha value is -2.55. The number of hydrogen-bond acceptors (Lipinski definition) is 3. The zero-order chi connectivity index (χ0) is 15.1. The molecule has 1 aromatic rings. The zero-order valence-electron chi connectivity index (χ0n) is 11.5. The molecule has 6 heteroatoms. The van der Waals surface area contributed by atoms with E-state index in [0.29, 0.717) is 17.8 Å². The lowest BCUT2D eigenvalue weighted by Gasteiger charge is -2.23. The van der Waals surface area contributed by atoms with Crippen LogP contribution in [0.3, 0.4) is 0 Å². The number of hydrogen-bond donors (Lipinski definition) is 2. The monoisotopic (exact) mass is 275 g/mol. The van der Waals surface area contributed by atoms with Crippen LogP contribution in [0.25, 0.3) is 0 Å². The van der Waals surface area contributed by atoms with E-state index in [1.807, 2.05) is 6.07 Å². The van der Waals surface area contributed by atoms with E-state index in [1.165, 1.54) is 4.90 Å². The molecule has 0 saturated heterocycles. The van der Waals surface area contributed by atoms with Crippen LogP contribution in [-0.2, 0) is 4.79 Å². The Morgan fingerprint density at radius 3 is 2.45 bits per heavy atom. The Bertz CT molecular complexity index is 519. The largest absolute Gasteiger partial charge is 0.481 e. The minimum Gasteiger partial charge on any atom is -0.481 e. The molecule has 1 rings (SSSR count). The van der Waals surface area contributed by atoms with Crippen LogP contribution in [0.2, 0.25) is 0 Å². The lowest BCUT2D eigenvalue weighted by molar-refractivity contribution is -0.141. The second kappa shape index (κ2) is 7.14. The molecular weight excluding hydrogens is 258 g/mol. The van der Waals surface area contributed by atoms with Gasteiger partial charge < -0.3 is 15.3 Å². The summed E-state index contributed by atoms with van der Waals surface area (Å²) in [5.41, 5.74) is 1.07. The average Bonchev–Trinajstić information content (AvgIpc) is 2.44. The van der Waals surface area contributed by atoms with Crippen molar-refractivity contribution in [3.8, 4) is 6.07 Å². The fraction of sp³-hybridized carbons (Fsp3) is 0.357. The van der Waals surface area contributed by atoms with Gasteiger partial charge in [0.15, 0.2) is 0 Å². The Morgan fingerprint density at radius 2 is 2.00 bits per heavy atom. The van der Waals surface area contributed by atoms with Gasteiger partial charge in [-0.15, -0.1) is 0 Å². The number of urea groups is 1. The number of amides is 2. The van der Waals surface area contributed by atoms with Crippen molar-refractivity contribution < 1.29 is 14.7 Å². The molecule has 1 aromatic carbocycles. The summed E-state index contributed by atoms with van der Waals surface area (Å²) >= 11 is 0. The van der Waals surface area contributed by atoms with Gasteiger partial charge in [-0.25, -0.2) is 4.79 Å². The van der Waals surface area contributed by atoms with E-state index in [4.69, 9.17) is 10.4 Å². The molecule has 0 saturated carbocycles. The molecule has 0 heterocycles. The van der Waals surface area contributed by atoms with Crippen molar-refractivity contribution in [2.75, 3.05) is 18.4 Å². The van der Waals surface area contributed by atoms with E-state index in [-0.39, 0.29) is 12.6 Å². The van der Waals surface area contributed by atoms with Crippen molar-refractivity contribution in [3.05, 3.63) is 29.8 Å². The summed E-state index contributed by atoms with van der Waals surface area (Å²) in [7, 11) is 0. The van der Waals surface area contributed by atoms with Gasteiger partial charge >= 0.3 is 12.0 Å². The number of aliphatic carboxylic acids is 1. The predicted molar refractivity (Wildman–Crippen MR) is 74.2 cm³/mol. The lowest BCUT2D eigenvalue weighted by atomic mass is 10.2. The quantitative estimate of drug-likeness (QED) is 0.860. The summed E-state index contributed by atoms with van der Waals surface area (Å²) in [6.07, 6.45) is 0. The van der Waals surface area contributed by atoms with Gasteiger partial charge in [-0.05, 0) is 31.2 Å². The molecule has 20 heavy (non-hydrogen) atoms. The molecule has 2 N–H and O–H groups in total. The first kappa shape index (κ1) is 15.5. The molecule has 1 atom stereocenters. The van der Waals surface area contributed by atoms with Crippen molar-refractivity contribution in [1.29, 1.82) is 5.26 Å². The summed E-state index contributed by atoms with van der Waals surface area (Å²) in [4.78, 5) is 24.3. The highest BCUT2D eigenvalue weighted by molar-refractivity contribution is 5.89. The van der Waals surface area contributed by atoms with Crippen LogP contribution in [-0.4, -0.2) is 35.1 Å². The zero-order valence-corrected chi connectivity index (χ0v) is 11.5. The van der Waals surface area contributed by atoms with Crippen LogP contribution in [0.5, 0.6) is 0 Å². The molecule has 0 aromatic heterocycles. The molecule has 0 aliphatic carbocycles. The Balaban J connectivity index is 2.67. The highest BCUT2D eigenvalue weighted by Gasteiger charge is 2.19. The van der Waals surface area contributed by atoms with Gasteiger partial charge in [0.05, 0.1) is 17.6 Å².